The molecule has 41 heavy (non-hydrogen) atoms. The number of hydrogen-bond donors (Lipinski definition) is 1. The van der Waals surface area contributed by atoms with Crippen LogP contribution in [0, 0.1) is 25.2 Å². The molecule has 0 amide bonds. The van der Waals surface area contributed by atoms with E-state index < -0.39 is 11.9 Å². The SMILES string of the molecule is Cc1cc(OCC(=O)Oc2ccc3c(c2)OC(N)=C(C#N)C3c2cccc(OCc3ccccc3)c2)cc(C)c1Cl. The smallest absolute Gasteiger partial charge is 0.349 e. The summed E-state index contributed by atoms with van der Waals surface area (Å²) in [5.74, 6) is 0.730. The highest BCUT2D eigenvalue weighted by Gasteiger charge is 2.31. The van der Waals surface area contributed by atoms with Crippen LogP contribution in [0.5, 0.6) is 23.0 Å². The molecule has 5 rings (SSSR count). The number of nitrogens with zero attached hydrogens (tertiary/aromatic N) is 1. The molecule has 8 heteroatoms. The molecule has 0 bridgehead atoms. The van der Waals surface area contributed by atoms with Crippen molar-refractivity contribution >= 4 is 17.6 Å². The van der Waals surface area contributed by atoms with Crippen LogP contribution in [-0.4, -0.2) is 12.6 Å². The molecule has 0 spiro atoms. The van der Waals surface area contributed by atoms with Gasteiger partial charge in [-0.15, -0.1) is 0 Å². The molecule has 1 atom stereocenters. The largest absolute Gasteiger partial charge is 0.489 e. The van der Waals surface area contributed by atoms with Gasteiger partial charge in [0.2, 0.25) is 5.88 Å². The molecule has 1 unspecified atom stereocenters. The first kappa shape index (κ1) is 27.6. The number of halogens is 1. The Bertz CT molecular complexity index is 1650. The zero-order valence-electron chi connectivity index (χ0n) is 22.5. The molecule has 0 saturated carbocycles. The molecule has 0 aromatic heterocycles. The summed E-state index contributed by atoms with van der Waals surface area (Å²) in [4.78, 5) is 12.5. The Morgan fingerprint density at radius 3 is 2.41 bits per heavy atom. The molecule has 0 saturated heterocycles. The van der Waals surface area contributed by atoms with E-state index in [9.17, 15) is 10.1 Å². The maximum Gasteiger partial charge on any atom is 0.349 e. The molecule has 1 heterocycles. The number of ether oxygens (including phenoxy) is 4. The first-order chi connectivity index (χ1) is 19.8. The van der Waals surface area contributed by atoms with Crippen LogP contribution in [0.4, 0.5) is 0 Å². The average Bonchev–Trinajstić information content (AvgIpc) is 2.97. The van der Waals surface area contributed by atoms with Gasteiger partial charge in [-0.3, -0.25) is 0 Å². The summed E-state index contributed by atoms with van der Waals surface area (Å²) in [6, 6.07) is 28.1. The van der Waals surface area contributed by atoms with Crippen molar-refractivity contribution < 1.29 is 23.7 Å². The highest BCUT2D eigenvalue weighted by Crippen LogP contribution is 2.44. The minimum Gasteiger partial charge on any atom is -0.489 e. The maximum atomic E-state index is 12.5. The van der Waals surface area contributed by atoms with Crippen molar-refractivity contribution in [2.75, 3.05) is 6.61 Å². The number of rotatable bonds is 8. The fourth-order valence-electron chi connectivity index (χ4n) is 4.66. The van der Waals surface area contributed by atoms with Gasteiger partial charge in [0.15, 0.2) is 6.61 Å². The lowest BCUT2D eigenvalue weighted by atomic mass is 9.83. The van der Waals surface area contributed by atoms with Crippen LogP contribution in [0.3, 0.4) is 0 Å². The van der Waals surface area contributed by atoms with Crippen molar-refractivity contribution in [3.8, 4) is 29.1 Å². The number of carbonyl (C=O) groups is 1. The van der Waals surface area contributed by atoms with E-state index in [1.807, 2.05) is 68.4 Å². The number of allylic oxidation sites excluding steroid dienone is 1. The van der Waals surface area contributed by atoms with Crippen LogP contribution in [0.25, 0.3) is 0 Å². The summed E-state index contributed by atoms with van der Waals surface area (Å²) in [6.07, 6.45) is 0. The number of carbonyl (C=O) groups excluding carboxylic acids is 1. The average molecular weight is 567 g/mol. The van der Waals surface area contributed by atoms with E-state index in [1.165, 1.54) is 0 Å². The van der Waals surface area contributed by atoms with Crippen LogP contribution in [-0.2, 0) is 11.4 Å². The quantitative estimate of drug-likeness (QED) is 0.186. The molecule has 206 valence electrons. The van der Waals surface area contributed by atoms with Crippen molar-refractivity contribution in [1.82, 2.24) is 0 Å². The molecule has 0 aliphatic carbocycles. The molecule has 4 aromatic carbocycles. The van der Waals surface area contributed by atoms with Crippen LogP contribution in [0.15, 0.2) is 96.4 Å². The van der Waals surface area contributed by atoms with E-state index >= 15 is 0 Å². The second-order valence-electron chi connectivity index (χ2n) is 9.60. The third kappa shape index (κ3) is 6.29. The van der Waals surface area contributed by atoms with Crippen LogP contribution in [0.2, 0.25) is 5.02 Å². The summed E-state index contributed by atoms with van der Waals surface area (Å²) in [7, 11) is 0. The van der Waals surface area contributed by atoms with E-state index in [4.69, 9.17) is 36.3 Å². The van der Waals surface area contributed by atoms with Gasteiger partial charge in [-0.05, 0) is 66.4 Å². The van der Waals surface area contributed by atoms with Crippen molar-refractivity contribution in [3.05, 3.63) is 129 Å². The third-order valence-corrected chi connectivity index (χ3v) is 7.22. The molecule has 1 aliphatic rings. The van der Waals surface area contributed by atoms with Crippen molar-refractivity contribution in [3.63, 3.8) is 0 Å². The fourth-order valence-corrected chi connectivity index (χ4v) is 4.77. The Labute approximate surface area is 243 Å². The van der Waals surface area contributed by atoms with E-state index in [0.717, 1.165) is 22.3 Å². The van der Waals surface area contributed by atoms with Crippen molar-refractivity contribution in [1.29, 1.82) is 5.26 Å². The number of nitrogens with two attached hydrogens (primary N) is 1. The lowest BCUT2D eigenvalue weighted by Gasteiger charge is -2.27. The summed E-state index contributed by atoms with van der Waals surface area (Å²) in [5.41, 5.74) is 10.7. The number of esters is 1. The Morgan fingerprint density at radius 2 is 1.68 bits per heavy atom. The third-order valence-electron chi connectivity index (χ3n) is 6.63. The summed E-state index contributed by atoms with van der Waals surface area (Å²) < 4.78 is 22.9. The molecular weight excluding hydrogens is 540 g/mol. The van der Waals surface area contributed by atoms with E-state index in [2.05, 4.69) is 6.07 Å². The standard InChI is InChI=1S/C33H27ClN2O5/c1-20-13-26(14-21(2)32(20)34)39-19-30(37)40-25-11-12-27-29(16-25)41-33(36)28(17-35)31(27)23-9-6-10-24(15-23)38-18-22-7-4-3-5-8-22/h3-16,31H,18-19,36H2,1-2H3. The number of fused-ring (bicyclic) bond motifs is 1. The first-order valence-electron chi connectivity index (χ1n) is 12.9. The predicted molar refractivity (Wildman–Crippen MR) is 155 cm³/mol. The zero-order chi connectivity index (χ0) is 28.9. The molecule has 7 nitrogen and oxygen atoms in total. The lowest BCUT2D eigenvalue weighted by Crippen LogP contribution is -2.21. The molecule has 0 radical (unpaired) electrons. The minimum absolute atomic E-state index is 0.0131. The lowest BCUT2D eigenvalue weighted by molar-refractivity contribution is -0.136. The summed E-state index contributed by atoms with van der Waals surface area (Å²) >= 11 is 6.21. The van der Waals surface area contributed by atoms with Gasteiger partial charge >= 0.3 is 5.97 Å². The van der Waals surface area contributed by atoms with Gasteiger partial charge in [0.25, 0.3) is 0 Å². The van der Waals surface area contributed by atoms with Gasteiger partial charge in [-0.2, -0.15) is 5.26 Å². The molecular formula is C33H27ClN2O5. The van der Waals surface area contributed by atoms with Gasteiger partial charge in [0, 0.05) is 16.7 Å². The summed E-state index contributed by atoms with van der Waals surface area (Å²) in [6.45, 7) is 3.85. The number of benzene rings is 4. The van der Waals surface area contributed by atoms with Gasteiger partial charge in [-0.1, -0.05) is 60.1 Å². The Hall–Kier alpha value is -4.93. The van der Waals surface area contributed by atoms with Crippen molar-refractivity contribution in [2.24, 2.45) is 5.73 Å². The Kier molecular flexibility index (Phi) is 8.14. The number of aryl methyl sites for hydroxylation is 2. The van der Waals surface area contributed by atoms with E-state index in [1.54, 1.807) is 30.3 Å². The van der Waals surface area contributed by atoms with Gasteiger partial charge < -0.3 is 24.7 Å². The number of nitriles is 1. The maximum absolute atomic E-state index is 12.5. The zero-order valence-corrected chi connectivity index (χ0v) is 23.3. The second kappa shape index (κ2) is 12.1. The highest BCUT2D eigenvalue weighted by atomic mass is 35.5. The first-order valence-corrected chi connectivity index (χ1v) is 13.3. The number of hydrogen-bond acceptors (Lipinski definition) is 7. The van der Waals surface area contributed by atoms with Gasteiger partial charge in [-0.25, -0.2) is 4.79 Å². The van der Waals surface area contributed by atoms with Crippen LogP contribution < -0.4 is 24.7 Å². The summed E-state index contributed by atoms with van der Waals surface area (Å²) in [5, 5.41) is 10.6. The predicted octanol–water partition coefficient (Wildman–Crippen LogP) is 6.74. The van der Waals surface area contributed by atoms with Gasteiger partial charge in [0.1, 0.15) is 41.2 Å². The molecule has 2 N–H and O–H groups in total. The molecule has 4 aromatic rings. The van der Waals surface area contributed by atoms with E-state index in [0.29, 0.717) is 34.4 Å². The Balaban J connectivity index is 1.33. The second-order valence-corrected chi connectivity index (χ2v) is 9.98. The monoisotopic (exact) mass is 566 g/mol. The van der Waals surface area contributed by atoms with Gasteiger partial charge in [0.05, 0.1) is 5.92 Å². The normalized spacial score (nSPS) is 14.0. The Morgan fingerprint density at radius 1 is 0.927 bits per heavy atom. The minimum atomic E-state index is -0.591. The van der Waals surface area contributed by atoms with Crippen molar-refractivity contribution in [2.45, 2.75) is 26.4 Å². The van der Waals surface area contributed by atoms with Crippen LogP contribution in [0.1, 0.15) is 33.7 Å². The van der Waals surface area contributed by atoms with E-state index in [-0.39, 0.29) is 23.8 Å². The van der Waals surface area contributed by atoms with Crippen LogP contribution >= 0.6 is 11.6 Å². The highest BCUT2D eigenvalue weighted by molar-refractivity contribution is 6.32. The molecule has 1 aliphatic heterocycles. The topological polar surface area (TPSA) is 104 Å². The fraction of sp³-hybridized carbons (Fsp3) is 0.152. The molecule has 0 fully saturated rings.